The van der Waals surface area contributed by atoms with E-state index in [1.165, 1.54) is 40.5 Å². The molecule has 0 unspecified atom stereocenters. The van der Waals surface area contributed by atoms with Gasteiger partial charge in [-0.2, -0.15) is 18.2 Å². The number of nitro groups is 1. The molecule has 3 rings (SSSR count). The molecule has 2 aromatic heterocycles. The van der Waals surface area contributed by atoms with Crippen molar-refractivity contribution in [3.8, 4) is 0 Å². The smallest absolute Gasteiger partial charge is 0.329 e. The van der Waals surface area contributed by atoms with E-state index in [1.807, 2.05) is 0 Å². The Morgan fingerprint density at radius 2 is 1.94 bits per heavy atom. The number of alkyl halides is 3. The Hall–Kier alpha value is -3.22. The number of carbonyl (C=O) groups is 1. The van der Waals surface area contributed by atoms with E-state index >= 15 is 0 Å². The molecule has 1 amide bonds. The van der Waals surface area contributed by atoms with Gasteiger partial charge in [0.1, 0.15) is 6.54 Å². The van der Waals surface area contributed by atoms with E-state index in [4.69, 9.17) is 0 Å². The maximum absolute atomic E-state index is 13.2. The van der Waals surface area contributed by atoms with Crippen LogP contribution < -0.4 is 0 Å². The second kappa shape index (κ2) is 9.10. The Kier molecular flexibility index (Phi) is 6.67. The van der Waals surface area contributed by atoms with Crippen LogP contribution in [-0.4, -0.2) is 54.3 Å². The highest BCUT2D eigenvalue weighted by molar-refractivity contribution is 7.98. The first-order valence-corrected chi connectivity index (χ1v) is 10.6. The number of hydrogen-bond donors (Lipinski definition) is 0. The quantitative estimate of drug-likeness (QED) is 0.297. The van der Waals surface area contributed by atoms with Crippen LogP contribution in [0, 0.1) is 24.0 Å². The van der Waals surface area contributed by atoms with Crippen LogP contribution in [-0.2, 0) is 17.8 Å². The van der Waals surface area contributed by atoms with E-state index < -0.39 is 30.1 Å². The van der Waals surface area contributed by atoms with Crippen molar-refractivity contribution in [2.24, 2.45) is 0 Å². The topological polar surface area (TPSA) is 107 Å². The van der Waals surface area contributed by atoms with Gasteiger partial charge in [0.05, 0.1) is 17.9 Å². The molecule has 3 aromatic rings. The summed E-state index contributed by atoms with van der Waals surface area (Å²) in [4.78, 5) is 32.6. The summed E-state index contributed by atoms with van der Waals surface area (Å²) < 4.78 is 41.1. The molecule has 2 heterocycles. The molecule has 0 saturated carbocycles. The fourth-order valence-corrected chi connectivity index (χ4v) is 3.61. The van der Waals surface area contributed by atoms with Crippen molar-refractivity contribution in [1.29, 1.82) is 0 Å². The Morgan fingerprint density at radius 1 is 1.25 bits per heavy atom. The van der Waals surface area contributed by atoms with Gasteiger partial charge in [0.15, 0.2) is 0 Å². The van der Waals surface area contributed by atoms with Gasteiger partial charge in [0, 0.05) is 28.6 Å². The lowest BCUT2D eigenvalue weighted by Gasteiger charge is -2.24. The number of halogens is 3. The van der Waals surface area contributed by atoms with Gasteiger partial charge in [-0.3, -0.25) is 14.9 Å². The van der Waals surface area contributed by atoms with E-state index in [-0.39, 0.29) is 17.7 Å². The first-order valence-electron chi connectivity index (χ1n) is 9.34. The van der Waals surface area contributed by atoms with Gasteiger partial charge in [0.2, 0.25) is 11.1 Å². The molecule has 0 atom stereocenters. The number of thioether (sulfide) groups is 1. The minimum absolute atomic E-state index is 0.0120. The van der Waals surface area contributed by atoms with E-state index in [2.05, 4.69) is 15.1 Å². The van der Waals surface area contributed by atoms with E-state index in [0.29, 0.717) is 32.8 Å². The fourth-order valence-electron chi connectivity index (χ4n) is 3.27. The van der Waals surface area contributed by atoms with Crippen LogP contribution in [0.25, 0.3) is 5.78 Å². The third-order valence-corrected chi connectivity index (χ3v) is 5.35. The molecule has 0 aliphatic rings. The summed E-state index contributed by atoms with van der Waals surface area (Å²) in [6.07, 6.45) is -3.25. The zero-order valence-electron chi connectivity index (χ0n) is 17.4. The summed E-state index contributed by atoms with van der Waals surface area (Å²) in [6, 6.07) is 5.40. The maximum atomic E-state index is 13.2. The van der Waals surface area contributed by atoms with Gasteiger partial charge in [0.25, 0.3) is 11.5 Å². The lowest BCUT2D eigenvalue weighted by Crippen LogP contribution is -2.39. The third kappa shape index (κ3) is 5.15. The summed E-state index contributed by atoms with van der Waals surface area (Å²) in [5.41, 5.74) is 1.07. The van der Waals surface area contributed by atoms with Gasteiger partial charge in [-0.25, -0.2) is 9.50 Å². The number of hydrogen-bond acceptors (Lipinski definition) is 7. The predicted octanol–water partition coefficient (Wildman–Crippen LogP) is 3.50. The Bertz CT molecular complexity index is 1180. The summed E-state index contributed by atoms with van der Waals surface area (Å²) in [5.74, 6) is -0.509. The number of amides is 1. The molecule has 0 saturated heterocycles. The number of aromatic nitrogens is 4. The largest absolute Gasteiger partial charge is 0.406 e. The lowest BCUT2D eigenvalue weighted by molar-refractivity contribution is -0.385. The van der Waals surface area contributed by atoms with Crippen molar-refractivity contribution in [2.45, 2.75) is 38.1 Å². The predicted molar refractivity (Wildman–Crippen MR) is 110 cm³/mol. The molecule has 13 heteroatoms. The van der Waals surface area contributed by atoms with Gasteiger partial charge in [-0.15, -0.1) is 5.10 Å². The van der Waals surface area contributed by atoms with Crippen molar-refractivity contribution in [2.75, 3.05) is 12.8 Å². The molecule has 0 bridgehead atoms. The first-order chi connectivity index (χ1) is 15.0. The lowest BCUT2D eigenvalue weighted by atomic mass is 10.1. The summed E-state index contributed by atoms with van der Waals surface area (Å²) in [7, 11) is 0. The first kappa shape index (κ1) is 23.4. The van der Waals surface area contributed by atoms with Gasteiger partial charge in [-0.05, 0) is 20.1 Å². The van der Waals surface area contributed by atoms with Crippen LogP contribution in [0.2, 0.25) is 0 Å². The van der Waals surface area contributed by atoms with E-state index in [0.717, 1.165) is 0 Å². The Labute approximate surface area is 184 Å². The second-order valence-corrected chi connectivity index (χ2v) is 7.77. The monoisotopic (exact) mass is 468 g/mol. The summed E-state index contributed by atoms with van der Waals surface area (Å²) >= 11 is 1.31. The second-order valence-electron chi connectivity index (χ2n) is 7.00. The van der Waals surface area contributed by atoms with Crippen molar-refractivity contribution < 1.29 is 22.9 Å². The molecular formula is C19H19F3N6O3S. The maximum Gasteiger partial charge on any atom is 0.406 e. The van der Waals surface area contributed by atoms with Crippen molar-refractivity contribution in [3.63, 3.8) is 0 Å². The summed E-state index contributed by atoms with van der Waals surface area (Å²) in [5, 5.41) is 16.0. The van der Waals surface area contributed by atoms with Gasteiger partial charge < -0.3 is 4.90 Å². The zero-order valence-corrected chi connectivity index (χ0v) is 18.2. The minimum atomic E-state index is -4.68. The van der Waals surface area contributed by atoms with E-state index in [1.54, 1.807) is 20.1 Å². The number of carbonyl (C=O) groups excluding carboxylic acids is 1. The van der Waals surface area contributed by atoms with Crippen LogP contribution in [0.5, 0.6) is 0 Å². The molecule has 0 aliphatic heterocycles. The molecule has 0 N–H and O–H groups in total. The molecule has 0 spiro atoms. The van der Waals surface area contributed by atoms with Crippen molar-refractivity contribution in [1.82, 2.24) is 24.5 Å². The number of nitrogens with zero attached hydrogens (tertiary/aromatic N) is 6. The standard InChI is InChI=1S/C19H19F3N6O3S/c1-11-14(12(2)27-17(23-11)24-18(25-27)32-3)8-16(29)26(10-19(20,21)22)9-13-6-4-5-7-15(13)28(30)31/h4-7H,8-10H2,1-3H3. The highest BCUT2D eigenvalue weighted by Crippen LogP contribution is 2.24. The summed E-state index contributed by atoms with van der Waals surface area (Å²) in [6.45, 7) is 1.23. The minimum Gasteiger partial charge on any atom is -0.329 e. The average Bonchev–Trinajstić information content (AvgIpc) is 3.13. The van der Waals surface area contributed by atoms with Gasteiger partial charge in [-0.1, -0.05) is 30.0 Å². The SMILES string of the molecule is CSc1nc2nc(C)c(CC(=O)N(Cc3ccccc3[N+](=O)[O-])CC(F)(F)F)c(C)n2n1. The molecular weight excluding hydrogens is 449 g/mol. The average molecular weight is 468 g/mol. The number of fused-ring (bicyclic) bond motifs is 1. The number of benzene rings is 1. The van der Waals surface area contributed by atoms with Crippen LogP contribution in [0.4, 0.5) is 18.9 Å². The highest BCUT2D eigenvalue weighted by Gasteiger charge is 2.34. The third-order valence-electron chi connectivity index (χ3n) is 4.81. The number of nitro benzene ring substituents is 1. The molecule has 0 aliphatic carbocycles. The van der Waals surface area contributed by atoms with Crippen LogP contribution in [0.1, 0.15) is 22.5 Å². The van der Waals surface area contributed by atoms with Crippen LogP contribution in [0.15, 0.2) is 29.4 Å². The Morgan fingerprint density at radius 3 is 2.56 bits per heavy atom. The molecule has 170 valence electrons. The number of aryl methyl sites for hydroxylation is 2. The molecule has 1 aromatic carbocycles. The number of para-hydroxylation sites is 1. The molecule has 32 heavy (non-hydrogen) atoms. The fraction of sp³-hybridized carbons (Fsp3) is 0.368. The highest BCUT2D eigenvalue weighted by atomic mass is 32.2. The Balaban J connectivity index is 1.95. The van der Waals surface area contributed by atoms with Gasteiger partial charge >= 0.3 is 6.18 Å². The van der Waals surface area contributed by atoms with Crippen molar-refractivity contribution in [3.05, 3.63) is 56.9 Å². The molecule has 0 fully saturated rings. The van der Waals surface area contributed by atoms with Crippen LogP contribution >= 0.6 is 11.8 Å². The zero-order chi connectivity index (χ0) is 23.6. The normalized spacial score (nSPS) is 11.7. The van der Waals surface area contributed by atoms with Crippen LogP contribution in [0.3, 0.4) is 0 Å². The number of rotatable bonds is 7. The van der Waals surface area contributed by atoms with Crippen molar-refractivity contribution >= 4 is 29.1 Å². The molecule has 9 nitrogen and oxygen atoms in total. The van der Waals surface area contributed by atoms with E-state index in [9.17, 15) is 28.1 Å². The molecule has 0 radical (unpaired) electrons.